The van der Waals surface area contributed by atoms with Gasteiger partial charge >= 0.3 is 6.18 Å². The normalized spacial score (nSPS) is 11.1. The Labute approximate surface area is 152 Å². The lowest BCUT2D eigenvalue weighted by molar-refractivity contribution is -0.384. The summed E-state index contributed by atoms with van der Waals surface area (Å²) in [6, 6.07) is 7.66. The van der Waals surface area contributed by atoms with Crippen LogP contribution in [0.1, 0.15) is 17.7 Å². The molecule has 1 amide bonds. The van der Waals surface area contributed by atoms with Crippen molar-refractivity contribution in [3.63, 3.8) is 0 Å². The van der Waals surface area contributed by atoms with Gasteiger partial charge in [-0.15, -0.1) is 0 Å². The number of alkyl halides is 3. The van der Waals surface area contributed by atoms with Gasteiger partial charge < -0.3 is 10.6 Å². The molecule has 1 heterocycles. The van der Waals surface area contributed by atoms with Crippen molar-refractivity contribution >= 4 is 17.3 Å². The first-order valence-corrected chi connectivity index (χ1v) is 8.03. The summed E-state index contributed by atoms with van der Waals surface area (Å²) in [4.78, 5) is 26.0. The molecule has 0 saturated heterocycles. The number of anilines is 1. The third kappa shape index (κ3) is 6.24. The number of hydrogen-bond donors (Lipinski definition) is 2. The van der Waals surface area contributed by atoms with Crippen LogP contribution in [0.4, 0.5) is 24.5 Å². The number of nitrogens with zero attached hydrogens (tertiary/aromatic N) is 2. The molecule has 0 aliphatic heterocycles. The second-order valence-corrected chi connectivity index (χ2v) is 5.58. The second-order valence-electron chi connectivity index (χ2n) is 5.58. The Kier molecular flexibility index (Phi) is 6.69. The molecule has 1 aromatic heterocycles. The molecule has 0 unspecified atom stereocenters. The molecule has 10 heteroatoms. The van der Waals surface area contributed by atoms with Gasteiger partial charge in [-0.05, 0) is 24.3 Å². The van der Waals surface area contributed by atoms with Crippen LogP contribution in [-0.2, 0) is 17.4 Å². The van der Waals surface area contributed by atoms with Gasteiger partial charge in [0.2, 0.25) is 5.91 Å². The van der Waals surface area contributed by atoms with E-state index in [4.69, 9.17) is 0 Å². The SMILES string of the molecule is O=C(CCNc1ccc(C(F)(F)F)cc1[N+](=O)[O-])NCCc1ccccn1. The van der Waals surface area contributed by atoms with Crippen molar-refractivity contribution in [1.29, 1.82) is 0 Å². The molecular formula is C17H17F3N4O3. The number of aromatic nitrogens is 1. The lowest BCUT2D eigenvalue weighted by Gasteiger charge is -2.10. The van der Waals surface area contributed by atoms with Crippen molar-refractivity contribution in [2.24, 2.45) is 0 Å². The van der Waals surface area contributed by atoms with Crippen LogP contribution in [0.3, 0.4) is 0 Å². The minimum absolute atomic E-state index is 0.0143. The first kappa shape index (κ1) is 20.1. The van der Waals surface area contributed by atoms with E-state index in [2.05, 4.69) is 15.6 Å². The van der Waals surface area contributed by atoms with Crippen LogP contribution in [0.25, 0.3) is 0 Å². The summed E-state index contributed by atoms with van der Waals surface area (Å²) in [5.41, 5.74) is -1.04. The molecule has 2 N–H and O–H groups in total. The van der Waals surface area contributed by atoms with Crippen LogP contribution >= 0.6 is 0 Å². The highest BCUT2D eigenvalue weighted by molar-refractivity contribution is 5.76. The zero-order valence-electron chi connectivity index (χ0n) is 14.1. The Morgan fingerprint density at radius 1 is 1.19 bits per heavy atom. The van der Waals surface area contributed by atoms with E-state index in [1.165, 1.54) is 0 Å². The van der Waals surface area contributed by atoms with Gasteiger partial charge in [0.1, 0.15) is 5.69 Å². The lowest BCUT2D eigenvalue weighted by atomic mass is 10.1. The lowest BCUT2D eigenvalue weighted by Crippen LogP contribution is -2.27. The second kappa shape index (κ2) is 8.97. The standard InChI is InChI=1S/C17H17F3N4O3/c18-17(19,20)12-4-5-14(15(11-12)24(26)27)22-10-7-16(25)23-9-6-13-3-1-2-8-21-13/h1-5,8,11,22H,6-7,9-10H2,(H,23,25). The van der Waals surface area contributed by atoms with Gasteiger partial charge in [-0.2, -0.15) is 13.2 Å². The minimum Gasteiger partial charge on any atom is -0.379 e. The molecule has 144 valence electrons. The van der Waals surface area contributed by atoms with Crippen molar-refractivity contribution in [3.8, 4) is 0 Å². The number of carbonyl (C=O) groups excluding carboxylic acids is 1. The van der Waals surface area contributed by atoms with E-state index >= 15 is 0 Å². The topological polar surface area (TPSA) is 97.2 Å². The quantitative estimate of drug-likeness (QED) is 0.540. The smallest absolute Gasteiger partial charge is 0.379 e. The van der Waals surface area contributed by atoms with E-state index in [0.717, 1.165) is 17.8 Å². The third-order valence-corrected chi connectivity index (χ3v) is 3.62. The molecule has 7 nitrogen and oxygen atoms in total. The molecule has 0 saturated carbocycles. The summed E-state index contributed by atoms with van der Waals surface area (Å²) >= 11 is 0. The van der Waals surface area contributed by atoms with Crippen molar-refractivity contribution in [2.75, 3.05) is 18.4 Å². The molecular weight excluding hydrogens is 365 g/mol. The van der Waals surface area contributed by atoms with Crippen LogP contribution in [0, 0.1) is 10.1 Å². The summed E-state index contributed by atoms with van der Waals surface area (Å²) < 4.78 is 38.0. The summed E-state index contributed by atoms with van der Waals surface area (Å²) in [6.45, 7) is 0.428. The first-order valence-electron chi connectivity index (χ1n) is 8.03. The maximum atomic E-state index is 12.7. The average Bonchev–Trinajstić information content (AvgIpc) is 2.61. The van der Waals surface area contributed by atoms with Gasteiger partial charge in [-0.25, -0.2) is 0 Å². The Balaban J connectivity index is 1.83. The number of hydrogen-bond acceptors (Lipinski definition) is 5. The summed E-state index contributed by atoms with van der Waals surface area (Å²) in [7, 11) is 0. The Morgan fingerprint density at radius 3 is 2.59 bits per heavy atom. The molecule has 0 fully saturated rings. The molecule has 27 heavy (non-hydrogen) atoms. The number of carbonyl (C=O) groups is 1. The summed E-state index contributed by atoms with van der Waals surface area (Å²) in [5.74, 6) is -0.284. The first-order chi connectivity index (χ1) is 12.8. The highest BCUT2D eigenvalue weighted by Crippen LogP contribution is 2.34. The van der Waals surface area contributed by atoms with E-state index in [1.54, 1.807) is 12.3 Å². The molecule has 0 radical (unpaired) electrons. The monoisotopic (exact) mass is 382 g/mol. The maximum Gasteiger partial charge on any atom is 0.416 e. The molecule has 2 aromatic rings. The largest absolute Gasteiger partial charge is 0.416 e. The van der Waals surface area contributed by atoms with Gasteiger partial charge in [-0.3, -0.25) is 19.9 Å². The van der Waals surface area contributed by atoms with Crippen LogP contribution < -0.4 is 10.6 Å². The van der Waals surface area contributed by atoms with Crippen LogP contribution in [0.5, 0.6) is 0 Å². The number of halogens is 3. The number of nitro groups is 1. The van der Waals surface area contributed by atoms with Crippen molar-refractivity contribution in [3.05, 3.63) is 64.0 Å². The van der Waals surface area contributed by atoms with Crippen molar-refractivity contribution in [2.45, 2.75) is 19.0 Å². The van der Waals surface area contributed by atoms with Gasteiger partial charge in [0.15, 0.2) is 0 Å². The number of pyridine rings is 1. The van der Waals surface area contributed by atoms with E-state index in [-0.39, 0.29) is 24.6 Å². The Morgan fingerprint density at radius 2 is 1.96 bits per heavy atom. The van der Waals surface area contributed by atoms with Gasteiger partial charge in [0.05, 0.1) is 10.5 Å². The average molecular weight is 382 g/mol. The van der Waals surface area contributed by atoms with E-state index in [9.17, 15) is 28.1 Å². The van der Waals surface area contributed by atoms with E-state index < -0.39 is 22.4 Å². The van der Waals surface area contributed by atoms with E-state index in [0.29, 0.717) is 19.0 Å². The Bertz CT molecular complexity index is 798. The third-order valence-electron chi connectivity index (χ3n) is 3.62. The molecule has 0 spiro atoms. The highest BCUT2D eigenvalue weighted by atomic mass is 19.4. The number of nitro benzene ring substituents is 1. The fraction of sp³-hybridized carbons (Fsp3) is 0.294. The van der Waals surface area contributed by atoms with Crippen LogP contribution in [0.2, 0.25) is 0 Å². The Hall–Kier alpha value is -3.17. The summed E-state index contributed by atoms with van der Waals surface area (Å²) in [5, 5.41) is 16.3. The van der Waals surface area contributed by atoms with Crippen LogP contribution in [-0.4, -0.2) is 28.9 Å². The zero-order valence-corrected chi connectivity index (χ0v) is 14.1. The predicted octanol–water partition coefficient (Wildman–Crippen LogP) is 3.17. The number of rotatable bonds is 8. The van der Waals surface area contributed by atoms with Gasteiger partial charge in [0.25, 0.3) is 5.69 Å². The van der Waals surface area contributed by atoms with E-state index in [1.807, 2.05) is 12.1 Å². The highest BCUT2D eigenvalue weighted by Gasteiger charge is 2.33. The number of benzene rings is 1. The minimum atomic E-state index is -4.67. The fourth-order valence-corrected chi connectivity index (χ4v) is 2.28. The summed E-state index contributed by atoms with van der Waals surface area (Å²) in [6.07, 6.45) is -2.44. The molecule has 1 aromatic carbocycles. The fourth-order valence-electron chi connectivity index (χ4n) is 2.28. The molecule has 0 atom stereocenters. The molecule has 0 aliphatic rings. The van der Waals surface area contributed by atoms with Gasteiger partial charge in [-0.1, -0.05) is 6.07 Å². The zero-order chi connectivity index (χ0) is 19.9. The van der Waals surface area contributed by atoms with Crippen molar-refractivity contribution in [1.82, 2.24) is 10.3 Å². The number of amides is 1. The number of nitrogens with one attached hydrogen (secondary N) is 2. The van der Waals surface area contributed by atoms with Gasteiger partial charge in [0, 0.05) is 43.9 Å². The maximum absolute atomic E-state index is 12.7. The molecule has 0 bridgehead atoms. The van der Waals surface area contributed by atoms with Crippen molar-refractivity contribution < 1.29 is 22.9 Å². The molecule has 2 rings (SSSR count). The predicted molar refractivity (Wildman–Crippen MR) is 92.2 cm³/mol. The van der Waals surface area contributed by atoms with Crippen LogP contribution in [0.15, 0.2) is 42.6 Å². The molecule has 0 aliphatic carbocycles.